The minimum Gasteiger partial charge on any atom is -0.497 e. The Labute approximate surface area is 162 Å². The van der Waals surface area contributed by atoms with Crippen molar-refractivity contribution < 1.29 is 14.5 Å². The molecule has 144 valence electrons. The van der Waals surface area contributed by atoms with Gasteiger partial charge in [0.1, 0.15) is 5.75 Å². The molecule has 7 heteroatoms. The van der Waals surface area contributed by atoms with Gasteiger partial charge < -0.3 is 4.74 Å². The molecule has 2 aromatic rings. The molecule has 28 heavy (non-hydrogen) atoms. The summed E-state index contributed by atoms with van der Waals surface area (Å²) in [6, 6.07) is 12.1. The molecule has 7 nitrogen and oxygen atoms in total. The van der Waals surface area contributed by atoms with Crippen LogP contribution in [-0.2, 0) is 11.2 Å². The second-order valence-corrected chi connectivity index (χ2v) is 7.04. The Bertz CT molecular complexity index is 985. The number of hydrogen-bond acceptors (Lipinski definition) is 5. The lowest BCUT2D eigenvalue weighted by Gasteiger charge is -2.29. The summed E-state index contributed by atoms with van der Waals surface area (Å²) in [6.07, 6.45) is 1.99. The molecule has 0 saturated heterocycles. The number of fused-ring (bicyclic) bond motifs is 3. The van der Waals surface area contributed by atoms with Crippen LogP contribution < -0.4 is 4.74 Å². The van der Waals surface area contributed by atoms with Gasteiger partial charge in [-0.25, -0.2) is 5.01 Å². The molecule has 1 amide bonds. The van der Waals surface area contributed by atoms with Gasteiger partial charge in [-0.3, -0.25) is 14.9 Å². The van der Waals surface area contributed by atoms with Gasteiger partial charge >= 0.3 is 0 Å². The van der Waals surface area contributed by atoms with Gasteiger partial charge in [-0.1, -0.05) is 19.1 Å². The minimum absolute atomic E-state index is 0.0124. The minimum atomic E-state index is -0.408. The fraction of sp³-hybridized carbons (Fsp3) is 0.333. The smallest absolute Gasteiger partial charge is 0.269 e. The standard InChI is InChI=1S/C21H21N3O4/c1-3-19(25)23-21(14-5-4-6-15(11-14)24(26)27)18-9-7-13-12-16(28-2)8-10-17(13)20(18)22-23/h4-6,8,10-12,18,21H,3,7,9H2,1-2H3/t18-,21+/m1/s1. The number of rotatable bonds is 4. The third kappa shape index (κ3) is 2.93. The number of ether oxygens (including phenoxy) is 1. The predicted molar refractivity (Wildman–Crippen MR) is 104 cm³/mol. The van der Waals surface area contributed by atoms with Gasteiger partial charge in [0.15, 0.2) is 0 Å². The molecule has 0 N–H and O–H groups in total. The zero-order chi connectivity index (χ0) is 19.8. The van der Waals surface area contributed by atoms with Crippen LogP contribution in [0.25, 0.3) is 0 Å². The highest BCUT2D eigenvalue weighted by atomic mass is 16.6. The van der Waals surface area contributed by atoms with Crippen molar-refractivity contribution in [3.8, 4) is 5.75 Å². The Kier molecular flexibility index (Phi) is 4.58. The number of hydrogen-bond donors (Lipinski definition) is 0. The monoisotopic (exact) mass is 379 g/mol. The SMILES string of the molecule is CCC(=O)N1N=C2c3ccc(OC)cc3CC[C@H]2[C@@H]1c1cccc([N+](=O)[O-])c1. The van der Waals surface area contributed by atoms with Crippen LogP contribution in [0.15, 0.2) is 47.6 Å². The second kappa shape index (κ2) is 7.07. The first-order valence-corrected chi connectivity index (χ1v) is 9.35. The van der Waals surface area contributed by atoms with E-state index in [4.69, 9.17) is 9.84 Å². The highest BCUT2D eigenvalue weighted by Gasteiger charge is 2.43. The van der Waals surface area contributed by atoms with E-state index < -0.39 is 4.92 Å². The summed E-state index contributed by atoms with van der Waals surface area (Å²) in [5.74, 6) is 0.722. The van der Waals surface area contributed by atoms with Crippen molar-refractivity contribution in [2.24, 2.45) is 11.0 Å². The Morgan fingerprint density at radius 1 is 1.32 bits per heavy atom. The molecule has 0 radical (unpaired) electrons. The van der Waals surface area contributed by atoms with Gasteiger partial charge in [-0.15, -0.1) is 0 Å². The molecule has 0 unspecified atom stereocenters. The van der Waals surface area contributed by atoms with Crippen LogP contribution in [0.4, 0.5) is 5.69 Å². The van der Waals surface area contributed by atoms with E-state index in [1.807, 2.05) is 24.3 Å². The summed E-state index contributed by atoms with van der Waals surface area (Å²) < 4.78 is 5.33. The number of aryl methyl sites for hydroxylation is 1. The highest BCUT2D eigenvalue weighted by molar-refractivity contribution is 6.07. The van der Waals surface area contributed by atoms with E-state index in [0.717, 1.165) is 41.0 Å². The van der Waals surface area contributed by atoms with Crippen molar-refractivity contribution in [2.45, 2.75) is 32.2 Å². The van der Waals surface area contributed by atoms with E-state index >= 15 is 0 Å². The summed E-state index contributed by atoms with van der Waals surface area (Å²) in [7, 11) is 1.64. The Balaban J connectivity index is 1.79. The maximum atomic E-state index is 12.6. The van der Waals surface area contributed by atoms with Crippen LogP contribution >= 0.6 is 0 Å². The molecule has 0 bridgehead atoms. The first kappa shape index (κ1) is 18.2. The number of nitro groups is 1. The fourth-order valence-corrected chi connectivity index (χ4v) is 4.15. The number of nitro benzene ring substituents is 1. The molecule has 0 saturated carbocycles. The van der Waals surface area contributed by atoms with Gasteiger partial charge in [0.2, 0.25) is 5.91 Å². The number of benzene rings is 2. The molecule has 1 aliphatic heterocycles. The van der Waals surface area contributed by atoms with Gasteiger partial charge in [0, 0.05) is 30.0 Å². The molecular formula is C21H21N3O4. The van der Waals surface area contributed by atoms with Crippen molar-refractivity contribution >= 4 is 17.3 Å². The quantitative estimate of drug-likeness (QED) is 0.596. The van der Waals surface area contributed by atoms with Gasteiger partial charge in [0.25, 0.3) is 5.69 Å². The molecular weight excluding hydrogens is 358 g/mol. The lowest BCUT2D eigenvalue weighted by atomic mass is 9.77. The lowest BCUT2D eigenvalue weighted by molar-refractivity contribution is -0.385. The van der Waals surface area contributed by atoms with Crippen LogP contribution in [0.2, 0.25) is 0 Å². The van der Waals surface area contributed by atoms with Gasteiger partial charge in [0.05, 0.1) is 23.8 Å². The average molecular weight is 379 g/mol. The molecule has 2 aliphatic rings. The van der Waals surface area contributed by atoms with Crippen molar-refractivity contribution in [3.63, 3.8) is 0 Å². The highest BCUT2D eigenvalue weighted by Crippen LogP contribution is 2.44. The number of carbonyl (C=O) groups excluding carboxylic acids is 1. The topological polar surface area (TPSA) is 85.0 Å². The summed E-state index contributed by atoms with van der Waals surface area (Å²) in [4.78, 5) is 23.5. The normalized spacial score (nSPS) is 20.2. The first-order valence-electron chi connectivity index (χ1n) is 9.35. The van der Waals surface area contributed by atoms with Crippen molar-refractivity contribution in [1.29, 1.82) is 0 Å². The maximum Gasteiger partial charge on any atom is 0.269 e. The number of carbonyl (C=O) groups is 1. The molecule has 0 aromatic heterocycles. The molecule has 2 atom stereocenters. The van der Waals surface area contributed by atoms with Crippen molar-refractivity contribution in [1.82, 2.24) is 5.01 Å². The molecule has 2 aromatic carbocycles. The van der Waals surface area contributed by atoms with Crippen LogP contribution in [0, 0.1) is 16.0 Å². The van der Waals surface area contributed by atoms with Crippen LogP contribution in [0.5, 0.6) is 5.75 Å². The summed E-state index contributed by atoms with van der Waals surface area (Å²) in [6.45, 7) is 1.80. The molecule has 4 rings (SSSR count). The van der Waals surface area contributed by atoms with Crippen LogP contribution in [-0.4, -0.2) is 28.7 Å². The van der Waals surface area contributed by atoms with Crippen LogP contribution in [0.1, 0.15) is 42.5 Å². The average Bonchev–Trinajstić information content (AvgIpc) is 3.12. The van der Waals surface area contributed by atoms with Crippen molar-refractivity contribution in [3.05, 3.63) is 69.3 Å². The van der Waals surface area contributed by atoms with E-state index in [0.29, 0.717) is 6.42 Å². The number of hydrazone groups is 1. The van der Waals surface area contributed by atoms with E-state index in [9.17, 15) is 14.9 Å². The number of non-ortho nitro benzene ring substituents is 1. The van der Waals surface area contributed by atoms with Gasteiger partial charge in [-0.05, 0) is 42.2 Å². The number of amides is 1. The first-order chi connectivity index (χ1) is 13.5. The molecule has 0 spiro atoms. The number of methoxy groups -OCH3 is 1. The van der Waals surface area contributed by atoms with E-state index in [1.165, 1.54) is 11.1 Å². The van der Waals surface area contributed by atoms with Gasteiger partial charge in [-0.2, -0.15) is 5.10 Å². The summed E-state index contributed by atoms with van der Waals surface area (Å²) in [5, 5.41) is 17.5. The molecule has 1 aliphatic carbocycles. The largest absolute Gasteiger partial charge is 0.497 e. The Hall–Kier alpha value is -3.22. The fourth-order valence-electron chi connectivity index (χ4n) is 4.15. The van der Waals surface area contributed by atoms with Crippen molar-refractivity contribution in [2.75, 3.05) is 7.11 Å². The zero-order valence-corrected chi connectivity index (χ0v) is 15.8. The third-order valence-corrected chi connectivity index (χ3v) is 5.50. The number of nitrogens with zero attached hydrogens (tertiary/aromatic N) is 3. The van der Waals surface area contributed by atoms with E-state index in [2.05, 4.69) is 0 Å². The van der Waals surface area contributed by atoms with E-state index in [-0.39, 0.29) is 23.6 Å². The Morgan fingerprint density at radius 2 is 2.14 bits per heavy atom. The lowest BCUT2D eigenvalue weighted by Crippen LogP contribution is -2.31. The van der Waals surface area contributed by atoms with E-state index in [1.54, 1.807) is 26.2 Å². The maximum absolute atomic E-state index is 12.6. The van der Waals surface area contributed by atoms with Crippen LogP contribution in [0.3, 0.4) is 0 Å². The summed E-state index contributed by atoms with van der Waals surface area (Å²) >= 11 is 0. The predicted octanol–water partition coefficient (Wildman–Crippen LogP) is 3.86. The zero-order valence-electron chi connectivity index (χ0n) is 15.8. The summed E-state index contributed by atoms with van der Waals surface area (Å²) in [5.41, 5.74) is 3.83. The third-order valence-electron chi connectivity index (χ3n) is 5.50. The molecule has 0 fully saturated rings. The molecule has 1 heterocycles. The Morgan fingerprint density at radius 3 is 2.86 bits per heavy atom. The second-order valence-electron chi connectivity index (χ2n) is 7.04.